The predicted octanol–water partition coefficient (Wildman–Crippen LogP) is 2.67. The van der Waals surface area contributed by atoms with Crippen molar-refractivity contribution in [1.82, 2.24) is 0 Å². The minimum absolute atomic E-state index is 0.0625. The summed E-state index contributed by atoms with van der Waals surface area (Å²) >= 11 is 0. The Morgan fingerprint density at radius 3 is 1.24 bits per heavy atom. The SMILES string of the molecule is O=COC=O.c1ccc(-c2ccccc2)cc1. The number of rotatable bonds is 3. The van der Waals surface area contributed by atoms with Gasteiger partial charge < -0.3 is 4.74 Å². The summed E-state index contributed by atoms with van der Waals surface area (Å²) in [6.45, 7) is 0.125. The maximum atomic E-state index is 8.95. The minimum Gasteiger partial charge on any atom is -0.398 e. The van der Waals surface area contributed by atoms with E-state index in [9.17, 15) is 0 Å². The molecule has 86 valence electrons. The van der Waals surface area contributed by atoms with Crippen LogP contribution in [0.3, 0.4) is 0 Å². The van der Waals surface area contributed by atoms with E-state index in [0.717, 1.165) is 0 Å². The molecule has 0 saturated carbocycles. The van der Waals surface area contributed by atoms with Gasteiger partial charge in [0.1, 0.15) is 0 Å². The standard InChI is InChI=1S/C12H10.C2H2O3/c1-3-7-11(8-4-1)12-9-5-2-6-10-12;3-1-5-2-4/h1-10H;1-2H. The summed E-state index contributed by atoms with van der Waals surface area (Å²) in [4.78, 5) is 17.9. The molecule has 3 nitrogen and oxygen atoms in total. The Morgan fingerprint density at radius 1 is 0.647 bits per heavy atom. The zero-order valence-electron chi connectivity index (χ0n) is 9.15. The molecule has 17 heavy (non-hydrogen) atoms. The van der Waals surface area contributed by atoms with E-state index >= 15 is 0 Å². The van der Waals surface area contributed by atoms with Crippen LogP contribution in [0.25, 0.3) is 11.1 Å². The lowest BCUT2D eigenvalue weighted by atomic mass is 10.1. The smallest absolute Gasteiger partial charge is 0.300 e. The first-order valence-electron chi connectivity index (χ1n) is 5.01. The van der Waals surface area contributed by atoms with Crippen LogP contribution in [-0.4, -0.2) is 12.9 Å². The zero-order chi connectivity index (χ0) is 12.3. The van der Waals surface area contributed by atoms with E-state index in [1.54, 1.807) is 0 Å². The molecule has 0 aliphatic heterocycles. The van der Waals surface area contributed by atoms with Crippen LogP contribution in [0.1, 0.15) is 0 Å². The fraction of sp³-hybridized carbons (Fsp3) is 0. The third-order valence-electron chi connectivity index (χ3n) is 1.99. The normalized spacial score (nSPS) is 8.47. The van der Waals surface area contributed by atoms with Gasteiger partial charge in [-0.1, -0.05) is 60.7 Å². The van der Waals surface area contributed by atoms with Crippen LogP contribution < -0.4 is 0 Å². The molecular formula is C14H12O3. The van der Waals surface area contributed by atoms with E-state index in [1.165, 1.54) is 11.1 Å². The lowest BCUT2D eigenvalue weighted by molar-refractivity contribution is -0.141. The Labute approximate surface area is 99.7 Å². The lowest BCUT2D eigenvalue weighted by Gasteiger charge is -1.98. The summed E-state index contributed by atoms with van der Waals surface area (Å²) in [5.41, 5.74) is 2.55. The van der Waals surface area contributed by atoms with Crippen LogP contribution >= 0.6 is 0 Å². The highest BCUT2D eigenvalue weighted by Gasteiger charge is 1.91. The van der Waals surface area contributed by atoms with E-state index in [4.69, 9.17) is 9.59 Å². The summed E-state index contributed by atoms with van der Waals surface area (Å²) in [5, 5.41) is 0. The number of carbonyl (C=O) groups is 2. The van der Waals surface area contributed by atoms with Crippen molar-refractivity contribution < 1.29 is 14.3 Å². The lowest BCUT2D eigenvalue weighted by Crippen LogP contribution is -1.77. The second-order valence-electron chi connectivity index (χ2n) is 3.06. The minimum atomic E-state index is 0.0625. The van der Waals surface area contributed by atoms with Crippen LogP contribution in [0.2, 0.25) is 0 Å². The molecule has 0 atom stereocenters. The number of carbonyl (C=O) groups excluding carboxylic acids is 2. The van der Waals surface area contributed by atoms with E-state index in [1.807, 2.05) is 12.1 Å². The Morgan fingerprint density at radius 2 is 1.00 bits per heavy atom. The molecular weight excluding hydrogens is 216 g/mol. The summed E-state index contributed by atoms with van der Waals surface area (Å²) in [7, 11) is 0. The summed E-state index contributed by atoms with van der Waals surface area (Å²) in [6.07, 6.45) is 0. The van der Waals surface area contributed by atoms with Gasteiger partial charge in [-0.15, -0.1) is 0 Å². The molecule has 0 aliphatic carbocycles. The number of ether oxygens (including phenoxy) is 1. The fourth-order valence-corrected chi connectivity index (χ4v) is 1.28. The van der Waals surface area contributed by atoms with Crippen molar-refractivity contribution in [2.75, 3.05) is 0 Å². The van der Waals surface area contributed by atoms with Crippen molar-refractivity contribution in [3.63, 3.8) is 0 Å². The highest BCUT2D eigenvalue weighted by atomic mass is 16.6. The van der Waals surface area contributed by atoms with Gasteiger partial charge >= 0.3 is 12.9 Å². The molecule has 0 spiro atoms. The molecule has 0 saturated heterocycles. The van der Waals surface area contributed by atoms with Crippen molar-refractivity contribution in [3.8, 4) is 11.1 Å². The van der Waals surface area contributed by atoms with Crippen LogP contribution in [0, 0.1) is 0 Å². The third-order valence-corrected chi connectivity index (χ3v) is 1.99. The van der Waals surface area contributed by atoms with Crippen LogP contribution in [0.5, 0.6) is 0 Å². The topological polar surface area (TPSA) is 43.4 Å². The first-order valence-corrected chi connectivity index (χ1v) is 5.01. The van der Waals surface area contributed by atoms with E-state index < -0.39 is 0 Å². The first kappa shape index (κ1) is 12.6. The summed E-state index contributed by atoms with van der Waals surface area (Å²) in [5.74, 6) is 0. The quantitative estimate of drug-likeness (QED) is 0.599. The van der Waals surface area contributed by atoms with Crippen molar-refractivity contribution in [2.45, 2.75) is 0 Å². The van der Waals surface area contributed by atoms with Crippen LogP contribution in [0.4, 0.5) is 0 Å². The van der Waals surface area contributed by atoms with Crippen molar-refractivity contribution in [2.24, 2.45) is 0 Å². The molecule has 0 amide bonds. The Balaban J connectivity index is 0.000000249. The van der Waals surface area contributed by atoms with Crippen molar-refractivity contribution in [3.05, 3.63) is 60.7 Å². The van der Waals surface area contributed by atoms with E-state index in [2.05, 4.69) is 53.3 Å². The molecule has 0 aromatic heterocycles. The maximum absolute atomic E-state index is 8.95. The van der Waals surface area contributed by atoms with Gasteiger partial charge in [0, 0.05) is 0 Å². The summed E-state index contributed by atoms with van der Waals surface area (Å²) in [6, 6.07) is 20.8. The number of benzene rings is 2. The number of hydrogen-bond donors (Lipinski definition) is 0. The predicted molar refractivity (Wildman–Crippen MR) is 65.1 cm³/mol. The van der Waals surface area contributed by atoms with Gasteiger partial charge in [-0.05, 0) is 11.1 Å². The highest BCUT2D eigenvalue weighted by molar-refractivity contribution is 5.62. The van der Waals surface area contributed by atoms with Crippen LogP contribution in [0.15, 0.2) is 60.7 Å². The summed E-state index contributed by atoms with van der Waals surface area (Å²) < 4.78 is 3.47. The molecule has 0 fully saturated rings. The molecule has 2 aromatic carbocycles. The molecule has 0 N–H and O–H groups in total. The van der Waals surface area contributed by atoms with Gasteiger partial charge in [-0.25, -0.2) is 0 Å². The van der Waals surface area contributed by atoms with Crippen LogP contribution in [-0.2, 0) is 14.3 Å². The van der Waals surface area contributed by atoms with Gasteiger partial charge in [-0.3, -0.25) is 9.59 Å². The molecule has 0 bridgehead atoms. The first-order chi connectivity index (χ1) is 8.38. The third kappa shape index (κ3) is 4.75. The molecule has 2 aromatic rings. The Bertz CT molecular complexity index is 394. The van der Waals surface area contributed by atoms with E-state index in [-0.39, 0.29) is 12.9 Å². The van der Waals surface area contributed by atoms with Gasteiger partial charge in [0.25, 0.3) is 0 Å². The molecule has 2 rings (SSSR count). The fourth-order valence-electron chi connectivity index (χ4n) is 1.28. The van der Waals surface area contributed by atoms with Gasteiger partial charge in [0.15, 0.2) is 0 Å². The molecule has 0 aliphatic rings. The monoisotopic (exact) mass is 228 g/mol. The van der Waals surface area contributed by atoms with Gasteiger partial charge in [0.2, 0.25) is 0 Å². The zero-order valence-corrected chi connectivity index (χ0v) is 9.15. The molecule has 0 unspecified atom stereocenters. The molecule has 0 heterocycles. The largest absolute Gasteiger partial charge is 0.398 e. The molecule has 3 heteroatoms. The van der Waals surface area contributed by atoms with Crippen molar-refractivity contribution in [1.29, 1.82) is 0 Å². The Hall–Kier alpha value is -2.42. The second-order valence-corrected chi connectivity index (χ2v) is 3.06. The second kappa shape index (κ2) is 7.82. The average molecular weight is 228 g/mol. The highest BCUT2D eigenvalue weighted by Crippen LogP contribution is 2.17. The van der Waals surface area contributed by atoms with Gasteiger partial charge in [0.05, 0.1) is 0 Å². The molecule has 0 radical (unpaired) electrons. The Kier molecular flexibility index (Phi) is 5.82. The maximum Gasteiger partial charge on any atom is 0.300 e. The number of hydrogen-bond acceptors (Lipinski definition) is 3. The van der Waals surface area contributed by atoms with Crippen molar-refractivity contribution >= 4 is 12.9 Å². The van der Waals surface area contributed by atoms with Gasteiger partial charge in [-0.2, -0.15) is 0 Å². The average Bonchev–Trinajstić information content (AvgIpc) is 2.42. The van der Waals surface area contributed by atoms with E-state index in [0.29, 0.717) is 0 Å².